The zero-order valence-corrected chi connectivity index (χ0v) is 14.2. The second-order valence-corrected chi connectivity index (χ2v) is 5.32. The van der Waals surface area contributed by atoms with Crippen molar-refractivity contribution in [2.75, 3.05) is 23.8 Å². The van der Waals surface area contributed by atoms with Gasteiger partial charge < -0.3 is 15.4 Å². The largest absolute Gasteiger partial charge is 0.492 e. The van der Waals surface area contributed by atoms with E-state index >= 15 is 0 Å². The summed E-state index contributed by atoms with van der Waals surface area (Å²) in [7, 11) is 0. The second-order valence-electron chi connectivity index (χ2n) is 5.32. The SMILES string of the molecule is CCCCCNc1ccc(C(=O)Nc2ccccc2OCC)nn1. The van der Waals surface area contributed by atoms with E-state index in [9.17, 15) is 4.79 Å². The van der Waals surface area contributed by atoms with Crippen LogP contribution in [0.4, 0.5) is 11.5 Å². The topological polar surface area (TPSA) is 76.1 Å². The first-order valence-electron chi connectivity index (χ1n) is 8.35. The van der Waals surface area contributed by atoms with Crippen molar-refractivity contribution >= 4 is 17.4 Å². The fourth-order valence-corrected chi connectivity index (χ4v) is 2.18. The molecule has 1 heterocycles. The highest BCUT2D eigenvalue weighted by molar-refractivity contribution is 6.03. The molecule has 2 N–H and O–H groups in total. The number of hydrogen-bond acceptors (Lipinski definition) is 5. The Morgan fingerprint density at radius 2 is 1.92 bits per heavy atom. The Morgan fingerprint density at radius 1 is 1.08 bits per heavy atom. The number of benzene rings is 1. The number of para-hydroxylation sites is 2. The Balaban J connectivity index is 1.95. The molecule has 0 spiro atoms. The van der Waals surface area contributed by atoms with Gasteiger partial charge in [-0.3, -0.25) is 4.79 Å². The number of unbranched alkanes of at least 4 members (excludes halogenated alkanes) is 2. The van der Waals surface area contributed by atoms with Gasteiger partial charge >= 0.3 is 0 Å². The minimum absolute atomic E-state index is 0.264. The van der Waals surface area contributed by atoms with Crippen LogP contribution in [-0.4, -0.2) is 29.3 Å². The molecule has 1 aromatic heterocycles. The highest BCUT2D eigenvalue weighted by atomic mass is 16.5. The highest BCUT2D eigenvalue weighted by Crippen LogP contribution is 2.24. The summed E-state index contributed by atoms with van der Waals surface area (Å²) in [6.07, 6.45) is 3.45. The summed E-state index contributed by atoms with van der Waals surface area (Å²) >= 11 is 0. The highest BCUT2D eigenvalue weighted by Gasteiger charge is 2.11. The molecule has 0 unspecified atom stereocenters. The quantitative estimate of drug-likeness (QED) is 0.686. The van der Waals surface area contributed by atoms with E-state index < -0.39 is 0 Å². The third-order valence-electron chi connectivity index (χ3n) is 3.42. The van der Waals surface area contributed by atoms with E-state index in [1.54, 1.807) is 18.2 Å². The molecule has 0 aliphatic heterocycles. The Kier molecular flexibility index (Phi) is 7.01. The molecule has 6 nitrogen and oxygen atoms in total. The molecule has 0 bridgehead atoms. The minimum Gasteiger partial charge on any atom is -0.492 e. The van der Waals surface area contributed by atoms with Crippen LogP contribution < -0.4 is 15.4 Å². The zero-order valence-electron chi connectivity index (χ0n) is 14.2. The van der Waals surface area contributed by atoms with E-state index in [1.165, 1.54) is 12.8 Å². The molecular formula is C18H24N4O2. The van der Waals surface area contributed by atoms with Crippen molar-refractivity contribution in [1.29, 1.82) is 0 Å². The summed E-state index contributed by atoms with van der Waals surface area (Å²) in [5.74, 6) is 1.00. The summed E-state index contributed by atoms with van der Waals surface area (Å²) in [4.78, 5) is 12.3. The lowest BCUT2D eigenvalue weighted by atomic mass is 10.2. The van der Waals surface area contributed by atoms with Crippen molar-refractivity contribution in [2.45, 2.75) is 33.1 Å². The number of rotatable bonds is 9. The predicted octanol–water partition coefficient (Wildman–Crippen LogP) is 3.73. The number of nitrogens with one attached hydrogen (secondary N) is 2. The van der Waals surface area contributed by atoms with Crippen LogP contribution >= 0.6 is 0 Å². The molecule has 0 fully saturated rings. The van der Waals surface area contributed by atoms with E-state index in [-0.39, 0.29) is 11.6 Å². The van der Waals surface area contributed by atoms with Crippen LogP contribution in [0.25, 0.3) is 0 Å². The van der Waals surface area contributed by atoms with Crippen molar-refractivity contribution in [2.24, 2.45) is 0 Å². The van der Waals surface area contributed by atoms with Crippen molar-refractivity contribution in [3.8, 4) is 5.75 Å². The van der Waals surface area contributed by atoms with Crippen LogP contribution in [0.1, 0.15) is 43.6 Å². The van der Waals surface area contributed by atoms with Crippen LogP contribution in [0.15, 0.2) is 36.4 Å². The fraction of sp³-hybridized carbons (Fsp3) is 0.389. The van der Waals surface area contributed by atoms with Gasteiger partial charge in [-0.25, -0.2) is 0 Å². The molecule has 1 amide bonds. The van der Waals surface area contributed by atoms with E-state index in [2.05, 4.69) is 27.8 Å². The van der Waals surface area contributed by atoms with Crippen LogP contribution in [0, 0.1) is 0 Å². The Hall–Kier alpha value is -2.63. The molecule has 0 radical (unpaired) electrons. The van der Waals surface area contributed by atoms with Crippen molar-refractivity contribution in [3.63, 3.8) is 0 Å². The van der Waals surface area contributed by atoms with Gasteiger partial charge in [-0.05, 0) is 37.6 Å². The lowest BCUT2D eigenvalue weighted by molar-refractivity contribution is 0.102. The summed E-state index contributed by atoms with van der Waals surface area (Å²) in [6.45, 7) is 5.45. The van der Waals surface area contributed by atoms with Gasteiger partial charge in [-0.1, -0.05) is 31.9 Å². The van der Waals surface area contributed by atoms with Crippen LogP contribution in [0.2, 0.25) is 0 Å². The zero-order chi connectivity index (χ0) is 17.2. The first kappa shape index (κ1) is 17.7. The van der Waals surface area contributed by atoms with Gasteiger partial charge in [0.2, 0.25) is 0 Å². The normalized spacial score (nSPS) is 10.2. The molecule has 2 rings (SSSR count). The Labute approximate surface area is 142 Å². The number of nitrogens with zero attached hydrogens (tertiary/aromatic N) is 2. The number of anilines is 2. The van der Waals surface area contributed by atoms with E-state index in [4.69, 9.17) is 4.74 Å². The molecule has 0 atom stereocenters. The van der Waals surface area contributed by atoms with Crippen molar-refractivity contribution in [3.05, 3.63) is 42.1 Å². The molecule has 0 saturated heterocycles. The van der Waals surface area contributed by atoms with Gasteiger partial charge in [0.05, 0.1) is 12.3 Å². The summed E-state index contributed by atoms with van der Waals surface area (Å²) in [5, 5.41) is 14.0. The third-order valence-corrected chi connectivity index (χ3v) is 3.42. The number of aromatic nitrogens is 2. The lowest BCUT2D eigenvalue weighted by Gasteiger charge is -2.11. The van der Waals surface area contributed by atoms with E-state index in [1.807, 2.05) is 25.1 Å². The molecule has 0 aliphatic carbocycles. The van der Waals surface area contributed by atoms with Gasteiger partial charge in [0.1, 0.15) is 11.6 Å². The van der Waals surface area contributed by atoms with Gasteiger partial charge in [0.25, 0.3) is 5.91 Å². The van der Waals surface area contributed by atoms with E-state index in [0.29, 0.717) is 23.9 Å². The Morgan fingerprint density at radius 3 is 2.62 bits per heavy atom. The maximum Gasteiger partial charge on any atom is 0.276 e. The third kappa shape index (κ3) is 5.22. The monoisotopic (exact) mass is 328 g/mol. The van der Waals surface area contributed by atoms with Gasteiger partial charge in [-0.2, -0.15) is 0 Å². The summed E-state index contributed by atoms with van der Waals surface area (Å²) in [6, 6.07) is 10.7. The second kappa shape index (κ2) is 9.50. The molecular weight excluding hydrogens is 304 g/mol. The summed E-state index contributed by atoms with van der Waals surface area (Å²) < 4.78 is 5.50. The van der Waals surface area contributed by atoms with Crippen molar-refractivity contribution < 1.29 is 9.53 Å². The lowest BCUT2D eigenvalue weighted by Crippen LogP contribution is -2.15. The molecule has 128 valence electrons. The fourth-order valence-electron chi connectivity index (χ4n) is 2.18. The summed E-state index contributed by atoms with van der Waals surface area (Å²) in [5.41, 5.74) is 0.883. The number of carbonyl (C=O) groups excluding carboxylic acids is 1. The first-order valence-corrected chi connectivity index (χ1v) is 8.35. The number of amides is 1. The van der Waals surface area contributed by atoms with Crippen LogP contribution in [0.5, 0.6) is 5.75 Å². The molecule has 0 aliphatic rings. The molecule has 0 saturated carbocycles. The van der Waals surface area contributed by atoms with E-state index in [0.717, 1.165) is 13.0 Å². The van der Waals surface area contributed by atoms with Gasteiger partial charge in [-0.15, -0.1) is 10.2 Å². The van der Waals surface area contributed by atoms with Gasteiger partial charge in [0.15, 0.2) is 5.69 Å². The minimum atomic E-state index is -0.313. The van der Waals surface area contributed by atoms with Crippen LogP contribution in [0.3, 0.4) is 0 Å². The van der Waals surface area contributed by atoms with Crippen molar-refractivity contribution in [1.82, 2.24) is 10.2 Å². The Bertz CT molecular complexity index is 644. The average molecular weight is 328 g/mol. The standard InChI is InChI=1S/C18H24N4O2/c1-3-5-8-13-19-17-12-11-15(21-22-17)18(23)20-14-9-6-7-10-16(14)24-4-2/h6-7,9-12H,3-5,8,13H2,1-2H3,(H,19,22)(H,20,23). The number of carbonyl (C=O) groups is 1. The number of ether oxygens (including phenoxy) is 1. The maximum absolute atomic E-state index is 12.3. The van der Waals surface area contributed by atoms with Crippen LogP contribution in [-0.2, 0) is 0 Å². The predicted molar refractivity (Wildman–Crippen MR) is 95.6 cm³/mol. The average Bonchev–Trinajstić information content (AvgIpc) is 2.61. The first-order chi connectivity index (χ1) is 11.7. The molecule has 1 aromatic carbocycles. The molecule has 6 heteroatoms. The van der Waals surface area contributed by atoms with Gasteiger partial charge in [0, 0.05) is 6.54 Å². The molecule has 2 aromatic rings. The number of hydrogen-bond donors (Lipinski definition) is 2. The molecule has 24 heavy (non-hydrogen) atoms. The maximum atomic E-state index is 12.3. The smallest absolute Gasteiger partial charge is 0.276 e.